The van der Waals surface area contributed by atoms with Gasteiger partial charge in [0.05, 0.1) is 23.6 Å². The second kappa shape index (κ2) is 4.19. The fraction of sp³-hybridized carbons (Fsp3) is 0. The van der Waals surface area contributed by atoms with Gasteiger partial charge in [-0.1, -0.05) is 11.6 Å². The first-order chi connectivity index (χ1) is 7.66. The second-order valence-corrected chi connectivity index (χ2v) is 3.39. The zero-order valence-corrected chi connectivity index (χ0v) is 8.82. The Balaban J connectivity index is 2.24. The molecule has 6 nitrogen and oxygen atoms in total. The lowest BCUT2D eigenvalue weighted by Crippen LogP contribution is -2.13. The quantitative estimate of drug-likeness (QED) is 0.686. The lowest BCUT2D eigenvalue weighted by atomic mass is 10.2. The van der Waals surface area contributed by atoms with Crippen molar-refractivity contribution in [2.45, 2.75) is 0 Å². The zero-order valence-electron chi connectivity index (χ0n) is 8.07. The number of amides is 1. The highest BCUT2D eigenvalue weighted by Crippen LogP contribution is 2.16. The summed E-state index contributed by atoms with van der Waals surface area (Å²) in [4.78, 5) is 15.5. The van der Waals surface area contributed by atoms with Crippen LogP contribution in [0.1, 0.15) is 10.4 Å². The molecule has 0 aliphatic rings. The van der Waals surface area contributed by atoms with E-state index in [-0.39, 0.29) is 10.7 Å². The molecule has 16 heavy (non-hydrogen) atoms. The highest BCUT2D eigenvalue weighted by Gasteiger charge is 2.12. The van der Waals surface area contributed by atoms with E-state index in [0.717, 1.165) is 0 Å². The van der Waals surface area contributed by atoms with Crippen LogP contribution in [0.2, 0.25) is 5.15 Å². The minimum atomic E-state index is -0.394. The Morgan fingerprint density at radius 2 is 2.38 bits per heavy atom. The number of halogens is 1. The molecule has 0 aromatic carbocycles. The van der Waals surface area contributed by atoms with Crippen LogP contribution in [0.5, 0.6) is 0 Å². The first-order valence-corrected chi connectivity index (χ1v) is 4.76. The second-order valence-electron chi connectivity index (χ2n) is 3.03. The molecule has 0 aliphatic heterocycles. The van der Waals surface area contributed by atoms with Crippen LogP contribution in [0.25, 0.3) is 0 Å². The Morgan fingerprint density at radius 1 is 1.56 bits per heavy atom. The topological polar surface area (TPSA) is 96.7 Å². The minimum absolute atomic E-state index is 0.103. The van der Waals surface area contributed by atoms with Gasteiger partial charge in [-0.25, -0.2) is 4.98 Å². The Morgan fingerprint density at radius 3 is 3.06 bits per heavy atom. The fourth-order valence-corrected chi connectivity index (χ4v) is 1.33. The fourth-order valence-electron chi connectivity index (χ4n) is 1.14. The summed E-state index contributed by atoms with van der Waals surface area (Å²) < 4.78 is 0. The average molecular weight is 238 g/mol. The van der Waals surface area contributed by atoms with Crippen LogP contribution in [0.4, 0.5) is 11.5 Å². The number of hydrogen-bond donors (Lipinski definition) is 3. The van der Waals surface area contributed by atoms with Crippen molar-refractivity contribution in [3.05, 3.63) is 35.2 Å². The normalized spacial score (nSPS) is 10.1. The predicted octanol–water partition coefficient (Wildman–Crippen LogP) is 1.29. The first kappa shape index (κ1) is 10.4. The molecule has 4 N–H and O–H groups in total. The monoisotopic (exact) mass is 237 g/mol. The number of carbonyl (C=O) groups excluding carboxylic acids is 1. The van der Waals surface area contributed by atoms with E-state index in [1.54, 1.807) is 6.07 Å². The summed E-state index contributed by atoms with van der Waals surface area (Å²) in [6.07, 6.45) is 2.91. The van der Waals surface area contributed by atoms with Gasteiger partial charge in [0.25, 0.3) is 5.91 Å². The molecule has 82 valence electrons. The molecule has 0 aliphatic carbocycles. The van der Waals surface area contributed by atoms with Crippen molar-refractivity contribution in [3.63, 3.8) is 0 Å². The van der Waals surface area contributed by atoms with Crippen LogP contribution >= 0.6 is 11.6 Å². The van der Waals surface area contributed by atoms with Crippen molar-refractivity contribution in [2.75, 3.05) is 11.1 Å². The molecule has 7 heteroatoms. The molecule has 2 aromatic rings. The molecular formula is C9H8ClN5O. The van der Waals surface area contributed by atoms with Gasteiger partial charge in [0.2, 0.25) is 0 Å². The van der Waals surface area contributed by atoms with E-state index in [1.807, 2.05) is 0 Å². The number of anilines is 2. The lowest BCUT2D eigenvalue weighted by Gasteiger charge is -2.04. The molecule has 0 bridgehead atoms. The molecule has 0 saturated heterocycles. The third-order valence-electron chi connectivity index (χ3n) is 1.85. The van der Waals surface area contributed by atoms with E-state index in [2.05, 4.69) is 20.5 Å². The molecule has 0 unspecified atom stereocenters. The Labute approximate surface area is 95.8 Å². The number of hydrogen-bond acceptors (Lipinski definition) is 4. The Kier molecular flexibility index (Phi) is 2.74. The van der Waals surface area contributed by atoms with Gasteiger partial charge in [0.15, 0.2) is 0 Å². The van der Waals surface area contributed by atoms with Crippen LogP contribution in [-0.4, -0.2) is 21.1 Å². The van der Waals surface area contributed by atoms with Crippen LogP contribution in [0.3, 0.4) is 0 Å². The largest absolute Gasteiger partial charge is 0.397 e. The molecule has 2 rings (SSSR count). The van der Waals surface area contributed by atoms with Crippen molar-refractivity contribution in [2.24, 2.45) is 0 Å². The number of aromatic nitrogens is 3. The third kappa shape index (κ3) is 2.12. The first-order valence-electron chi connectivity index (χ1n) is 4.38. The van der Waals surface area contributed by atoms with Gasteiger partial charge < -0.3 is 11.1 Å². The molecule has 2 aromatic heterocycles. The number of H-pyrrole nitrogens is 1. The van der Waals surface area contributed by atoms with E-state index in [0.29, 0.717) is 11.5 Å². The summed E-state index contributed by atoms with van der Waals surface area (Å²) in [6.45, 7) is 0. The number of nitrogens with two attached hydrogens (primary N) is 1. The van der Waals surface area contributed by atoms with Crippen molar-refractivity contribution in [1.29, 1.82) is 0 Å². The molecular weight excluding hydrogens is 230 g/mol. The minimum Gasteiger partial charge on any atom is -0.397 e. The molecule has 0 atom stereocenters. The number of nitrogens with one attached hydrogen (secondary N) is 2. The summed E-state index contributed by atoms with van der Waals surface area (Å²) in [5, 5.41) is 8.96. The van der Waals surface area contributed by atoms with Crippen molar-refractivity contribution >= 4 is 29.0 Å². The molecule has 0 radical (unpaired) electrons. The third-order valence-corrected chi connectivity index (χ3v) is 2.15. The van der Waals surface area contributed by atoms with E-state index in [9.17, 15) is 4.79 Å². The van der Waals surface area contributed by atoms with E-state index >= 15 is 0 Å². The molecule has 0 fully saturated rings. The van der Waals surface area contributed by atoms with Crippen molar-refractivity contribution in [3.8, 4) is 0 Å². The number of rotatable bonds is 2. The van der Waals surface area contributed by atoms with Gasteiger partial charge in [0, 0.05) is 6.07 Å². The van der Waals surface area contributed by atoms with Gasteiger partial charge >= 0.3 is 0 Å². The maximum Gasteiger partial charge on any atom is 0.260 e. The van der Waals surface area contributed by atoms with Crippen LogP contribution in [-0.2, 0) is 0 Å². The SMILES string of the molecule is Nc1cnc(Cl)c(C(=O)Nc2ccn[nH]2)c1. The molecule has 0 saturated carbocycles. The van der Waals surface area contributed by atoms with E-state index in [1.165, 1.54) is 18.5 Å². The highest BCUT2D eigenvalue weighted by molar-refractivity contribution is 6.33. The maximum atomic E-state index is 11.7. The Hall–Kier alpha value is -2.08. The van der Waals surface area contributed by atoms with Gasteiger partial charge in [-0.3, -0.25) is 9.89 Å². The zero-order chi connectivity index (χ0) is 11.5. The van der Waals surface area contributed by atoms with Crippen molar-refractivity contribution < 1.29 is 4.79 Å². The summed E-state index contributed by atoms with van der Waals surface area (Å²) >= 11 is 5.78. The predicted molar refractivity (Wildman–Crippen MR) is 60.2 cm³/mol. The maximum absolute atomic E-state index is 11.7. The summed E-state index contributed by atoms with van der Waals surface area (Å²) in [5.74, 6) is 0.0811. The Bertz CT molecular complexity index is 511. The van der Waals surface area contributed by atoms with Crippen molar-refractivity contribution in [1.82, 2.24) is 15.2 Å². The molecule has 1 amide bonds. The number of nitrogens with zero attached hydrogens (tertiary/aromatic N) is 2. The number of carbonyl (C=O) groups is 1. The van der Waals surface area contributed by atoms with Gasteiger partial charge in [-0.05, 0) is 6.07 Å². The lowest BCUT2D eigenvalue weighted by molar-refractivity contribution is 0.102. The van der Waals surface area contributed by atoms with Gasteiger partial charge in [-0.2, -0.15) is 5.10 Å². The summed E-state index contributed by atoms with van der Waals surface area (Å²) in [7, 11) is 0. The van der Waals surface area contributed by atoms with E-state index in [4.69, 9.17) is 17.3 Å². The standard InChI is InChI=1S/C9H8ClN5O/c10-8-6(3-5(11)4-12-8)9(16)14-7-1-2-13-15-7/h1-4H,11H2,(H2,13,14,15,16). The average Bonchev–Trinajstić information content (AvgIpc) is 2.74. The number of pyridine rings is 1. The van der Waals surface area contributed by atoms with Crippen LogP contribution in [0, 0.1) is 0 Å². The molecule has 0 spiro atoms. The van der Waals surface area contributed by atoms with Crippen LogP contribution in [0.15, 0.2) is 24.5 Å². The highest BCUT2D eigenvalue weighted by atomic mass is 35.5. The summed E-state index contributed by atoms with van der Waals surface area (Å²) in [5.41, 5.74) is 6.11. The summed E-state index contributed by atoms with van der Waals surface area (Å²) in [6, 6.07) is 3.08. The van der Waals surface area contributed by atoms with Gasteiger partial charge in [0.1, 0.15) is 11.0 Å². The number of nitrogen functional groups attached to an aromatic ring is 1. The van der Waals surface area contributed by atoms with Gasteiger partial charge in [-0.15, -0.1) is 0 Å². The van der Waals surface area contributed by atoms with E-state index < -0.39 is 5.91 Å². The smallest absolute Gasteiger partial charge is 0.260 e. The number of aromatic amines is 1. The van der Waals surface area contributed by atoms with Crippen LogP contribution < -0.4 is 11.1 Å². The molecule has 2 heterocycles.